The van der Waals surface area contributed by atoms with Crippen molar-refractivity contribution in [1.29, 1.82) is 0 Å². The van der Waals surface area contributed by atoms with E-state index >= 15 is 0 Å². The van der Waals surface area contributed by atoms with Crippen LogP contribution in [0.2, 0.25) is 0 Å². The van der Waals surface area contributed by atoms with Crippen molar-refractivity contribution >= 4 is 23.9 Å². The van der Waals surface area contributed by atoms with E-state index < -0.39 is 54.1 Å². The Morgan fingerprint density at radius 1 is 1.00 bits per heavy atom. The maximum Gasteiger partial charge on any atom is 0.408 e. The SMILES string of the molecule is COC(=O)CNC(=O)C(c1ccc(O)c(C)c1)N(C(=O)C(Cc1ccc(O)cc1)NC(=O)OC(C)(C)C)C(C)C. The Hall–Kier alpha value is -4.28. The number of nitrogens with zero attached hydrogens (tertiary/aromatic N) is 1. The quantitative estimate of drug-likeness (QED) is 0.325. The van der Waals surface area contributed by atoms with Gasteiger partial charge in [-0.3, -0.25) is 14.4 Å². The van der Waals surface area contributed by atoms with Crippen molar-refractivity contribution in [2.75, 3.05) is 13.7 Å². The Morgan fingerprint density at radius 3 is 2.15 bits per heavy atom. The summed E-state index contributed by atoms with van der Waals surface area (Å²) in [5, 5.41) is 24.9. The van der Waals surface area contributed by atoms with Gasteiger partial charge in [0.25, 0.3) is 0 Å². The number of phenolic OH excluding ortho intramolecular Hbond substituents is 2. The first-order chi connectivity index (χ1) is 18.6. The average Bonchev–Trinajstić information content (AvgIpc) is 2.86. The maximum absolute atomic E-state index is 14.2. The Morgan fingerprint density at radius 2 is 1.62 bits per heavy atom. The Bertz CT molecular complexity index is 1200. The number of phenols is 2. The number of rotatable bonds is 10. The molecule has 40 heavy (non-hydrogen) atoms. The second-order valence-electron chi connectivity index (χ2n) is 10.7. The molecule has 0 spiro atoms. The number of nitrogens with one attached hydrogen (secondary N) is 2. The van der Waals surface area contributed by atoms with Gasteiger partial charge < -0.3 is 35.2 Å². The van der Waals surface area contributed by atoms with Gasteiger partial charge in [-0.1, -0.05) is 18.2 Å². The standard InChI is InChI=1S/C29H39N3O8/c1-17(2)32(25(26(36)30-16-24(35)39-7)20-10-13-23(34)18(3)14-20)27(37)22(31-28(38)40-29(4,5)6)15-19-8-11-21(33)12-9-19/h8-14,17,22,25,33-34H,15-16H2,1-7H3,(H,30,36)(H,31,38). The van der Waals surface area contributed by atoms with E-state index in [1.54, 1.807) is 59.7 Å². The van der Waals surface area contributed by atoms with Crippen LogP contribution in [0.4, 0.5) is 4.79 Å². The molecular weight excluding hydrogens is 518 g/mol. The number of hydrogen-bond donors (Lipinski definition) is 4. The lowest BCUT2D eigenvalue weighted by atomic mass is 9.97. The Balaban J connectivity index is 2.57. The predicted molar refractivity (Wildman–Crippen MR) is 148 cm³/mol. The largest absolute Gasteiger partial charge is 0.508 e. The molecule has 2 unspecified atom stereocenters. The average molecular weight is 558 g/mol. The highest BCUT2D eigenvalue weighted by Gasteiger charge is 2.38. The number of benzene rings is 2. The van der Waals surface area contributed by atoms with Crippen LogP contribution in [-0.4, -0.2) is 70.3 Å². The number of amides is 3. The molecule has 4 N–H and O–H groups in total. The smallest absolute Gasteiger partial charge is 0.408 e. The molecule has 0 heterocycles. The monoisotopic (exact) mass is 557 g/mol. The third-order valence-electron chi connectivity index (χ3n) is 5.87. The van der Waals surface area contributed by atoms with E-state index in [0.29, 0.717) is 16.7 Å². The summed E-state index contributed by atoms with van der Waals surface area (Å²) in [6.07, 6.45) is -0.785. The second-order valence-corrected chi connectivity index (χ2v) is 10.7. The van der Waals surface area contributed by atoms with Crippen LogP contribution in [0.15, 0.2) is 42.5 Å². The van der Waals surface area contributed by atoms with Gasteiger partial charge in [0.05, 0.1) is 7.11 Å². The molecule has 11 heteroatoms. The summed E-state index contributed by atoms with van der Waals surface area (Å²) in [5.41, 5.74) is 0.684. The topological polar surface area (TPSA) is 154 Å². The van der Waals surface area contributed by atoms with Crippen LogP contribution in [0.25, 0.3) is 0 Å². The van der Waals surface area contributed by atoms with Crippen LogP contribution in [-0.2, 0) is 30.3 Å². The number of hydrogen-bond acceptors (Lipinski definition) is 8. The number of aromatic hydroxyl groups is 2. The lowest BCUT2D eigenvalue weighted by Crippen LogP contribution is -2.56. The van der Waals surface area contributed by atoms with Gasteiger partial charge >= 0.3 is 12.1 Å². The molecule has 0 aromatic heterocycles. The summed E-state index contributed by atoms with van der Waals surface area (Å²) in [7, 11) is 1.19. The number of aryl methyl sites for hydroxylation is 1. The van der Waals surface area contributed by atoms with E-state index in [9.17, 15) is 29.4 Å². The highest BCUT2D eigenvalue weighted by molar-refractivity contribution is 5.93. The highest BCUT2D eigenvalue weighted by Crippen LogP contribution is 2.29. The minimum atomic E-state index is -1.22. The van der Waals surface area contributed by atoms with Crippen molar-refractivity contribution in [2.45, 2.75) is 71.7 Å². The van der Waals surface area contributed by atoms with E-state index in [1.807, 2.05) is 0 Å². The molecule has 0 aliphatic rings. The fourth-order valence-electron chi connectivity index (χ4n) is 3.99. The highest BCUT2D eigenvalue weighted by atomic mass is 16.6. The van der Waals surface area contributed by atoms with Gasteiger partial charge in [0.15, 0.2) is 0 Å². The third kappa shape index (κ3) is 9.18. The fraction of sp³-hybridized carbons (Fsp3) is 0.448. The zero-order valence-electron chi connectivity index (χ0n) is 24.0. The van der Waals surface area contributed by atoms with Crippen LogP contribution in [0.5, 0.6) is 11.5 Å². The van der Waals surface area contributed by atoms with Crippen molar-refractivity contribution in [3.8, 4) is 11.5 Å². The van der Waals surface area contributed by atoms with Gasteiger partial charge in [-0.25, -0.2) is 4.79 Å². The normalized spacial score (nSPS) is 12.7. The molecule has 0 bridgehead atoms. The van der Waals surface area contributed by atoms with Crippen molar-refractivity contribution in [3.05, 3.63) is 59.2 Å². The first-order valence-electron chi connectivity index (χ1n) is 12.9. The summed E-state index contributed by atoms with van der Waals surface area (Å²) >= 11 is 0. The number of alkyl carbamates (subject to hydrolysis) is 1. The van der Waals surface area contributed by atoms with E-state index in [0.717, 1.165) is 0 Å². The zero-order valence-corrected chi connectivity index (χ0v) is 24.0. The first-order valence-corrected chi connectivity index (χ1v) is 12.9. The maximum atomic E-state index is 14.2. The Labute approximate surface area is 234 Å². The fourth-order valence-corrected chi connectivity index (χ4v) is 3.99. The minimum Gasteiger partial charge on any atom is -0.508 e. The molecule has 2 atom stereocenters. The van der Waals surface area contributed by atoms with Crippen molar-refractivity contribution in [3.63, 3.8) is 0 Å². The molecule has 2 aromatic carbocycles. The van der Waals surface area contributed by atoms with Crippen LogP contribution in [0, 0.1) is 6.92 Å². The molecule has 0 aliphatic heterocycles. The van der Waals surface area contributed by atoms with Gasteiger partial charge in [-0.15, -0.1) is 0 Å². The van der Waals surface area contributed by atoms with Gasteiger partial charge in [-0.2, -0.15) is 0 Å². The minimum absolute atomic E-state index is 0.0108. The van der Waals surface area contributed by atoms with Crippen molar-refractivity contribution in [2.24, 2.45) is 0 Å². The molecule has 0 radical (unpaired) electrons. The second kappa shape index (κ2) is 13.7. The van der Waals surface area contributed by atoms with Crippen LogP contribution in [0.1, 0.15) is 57.4 Å². The zero-order chi connectivity index (χ0) is 30.2. The van der Waals surface area contributed by atoms with E-state index in [1.165, 1.54) is 36.3 Å². The number of ether oxygens (including phenoxy) is 2. The molecule has 2 rings (SSSR count). The van der Waals surface area contributed by atoms with Crippen LogP contribution < -0.4 is 10.6 Å². The summed E-state index contributed by atoms with van der Waals surface area (Å²) < 4.78 is 10.0. The molecule has 0 saturated carbocycles. The number of esters is 1. The molecule has 0 aliphatic carbocycles. The van der Waals surface area contributed by atoms with Gasteiger partial charge in [0.1, 0.15) is 35.7 Å². The summed E-state index contributed by atoms with van der Waals surface area (Å²) in [4.78, 5) is 53.6. The van der Waals surface area contributed by atoms with Gasteiger partial charge in [0.2, 0.25) is 11.8 Å². The predicted octanol–water partition coefficient (Wildman–Crippen LogP) is 3.11. The molecule has 11 nitrogen and oxygen atoms in total. The summed E-state index contributed by atoms with van der Waals surface area (Å²) in [5.74, 6) is -1.86. The van der Waals surface area contributed by atoms with Gasteiger partial charge in [-0.05, 0) is 82.5 Å². The molecule has 218 valence electrons. The van der Waals surface area contributed by atoms with Gasteiger partial charge in [0, 0.05) is 12.5 Å². The van der Waals surface area contributed by atoms with E-state index in [4.69, 9.17) is 4.74 Å². The van der Waals surface area contributed by atoms with Crippen LogP contribution >= 0.6 is 0 Å². The summed E-state index contributed by atoms with van der Waals surface area (Å²) in [6, 6.07) is 7.76. The third-order valence-corrected chi connectivity index (χ3v) is 5.87. The van der Waals surface area contributed by atoms with Crippen molar-refractivity contribution < 1.29 is 38.9 Å². The molecular formula is C29H39N3O8. The van der Waals surface area contributed by atoms with Crippen LogP contribution in [0.3, 0.4) is 0 Å². The molecule has 0 fully saturated rings. The van der Waals surface area contributed by atoms with Crippen molar-refractivity contribution in [1.82, 2.24) is 15.5 Å². The number of carbonyl (C=O) groups is 4. The number of methoxy groups -OCH3 is 1. The molecule has 0 saturated heterocycles. The Kier molecular flexibility index (Phi) is 10.9. The van der Waals surface area contributed by atoms with E-state index in [-0.39, 0.29) is 17.9 Å². The molecule has 3 amide bonds. The summed E-state index contributed by atoms with van der Waals surface area (Å²) in [6.45, 7) is 9.75. The first kappa shape index (κ1) is 31.9. The van der Waals surface area contributed by atoms with E-state index in [2.05, 4.69) is 15.4 Å². The lowest BCUT2D eigenvalue weighted by Gasteiger charge is -2.37. The lowest BCUT2D eigenvalue weighted by molar-refractivity contribution is -0.146. The molecule has 2 aromatic rings. The number of carbonyl (C=O) groups excluding carboxylic acids is 4.